The van der Waals surface area contributed by atoms with Gasteiger partial charge in [-0.1, -0.05) is 30.3 Å². The molecule has 0 radical (unpaired) electrons. The Hall–Kier alpha value is -1.39. The van der Waals surface area contributed by atoms with Crippen molar-refractivity contribution < 1.29 is 9.90 Å². The molecule has 1 heterocycles. The average Bonchev–Trinajstić information content (AvgIpc) is 2.39. The topological polar surface area (TPSA) is 52.6 Å². The summed E-state index contributed by atoms with van der Waals surface area (Å²) in [6.45, 7) is 4.15. The maximum Gasteiger partial charge on any atom is 0.217 e. The van der Waals surface area contributed by atoms with Crippen LogP contribution in [0.1, 0.15) is 24.8 Å². The summed E-state index contributed by atoms with van der Waals surface area (Å²) in [6.07, 6.45) is 0.964. The number of benzene rings is 1. The fourth-order valence-electron chi connectivity index (χ4n) is 2.87. The highest BCUT2D eigenvalue weighted by molar-refractivity contribution is 5.73. The zero-order valence-electron chi connectivity index (χ0n) is 11.4. The summed E-state index contributed by atoms with van der Waals surface area (Å²) < 4.78 is 0. The van der Waals surface area contributed by atoms with E-state index in [9.17, 15) is 4.79 Å². The smallest absolute Gasteiger partial charge is 0.217 e. The first-order valence-electron chi connectivity index (χ1n) is 6.84. The SMILES string of the molecule is CC(=O)NC1CC(c2ccccc2)CN(CCO)C1. The zero-order chi connectivity index (χ0) is 13.7. The van der Waals surface area contributed by atoms with Gasteiger partial charge in [-0.3, -0.25) is 9.69 Å². The number of hydrogen-bond acceptors (Lipinski definition) is 3. The van der Waals surface area contributed by atoms with E-state index in [4.69, 9.17) is 5.11 Å². The number of hydrogen-bond donors (Lipinski definition) is 2. The number of aliphatic hydroxyl groups excluding tert-OH is 1. The number of rotatable bonds is 4. The lowest BCUT2D eigenvalue weighted by atomic mass is 9.88. The van der Waals surface area contributed by atoms with Crippen molar-refractivity contribution in [1.82, 2.24) is 10.2 Å². The molecule has 0 aromatic heterocycles. The molecule has 1 fully saturated rings. The molecule has 0 bridgehead atoms. The van der Waals surface area contributed by atoms with Gasteiger partial charge in [-0.2, -0.15) is 0 Å². The van der Waals surface area contributed by atoms with Gasteiger partial charge in [-0.25, -0.2) is 0 Å². The molecule has 0 saturated carbocycles. The van der Waals surface area contributed by atoms with E-state index in [1.165, 1.54) is 5.56 Å². The van der Waals surface area contributed by atoms with Crippen LogP contribution in [0.5, 0.6) is 0 Å². The first-order chi connectivity index (χ1) is 9.19. The van der Waals surface area contributed by atoms with Crippen molar-refractivity contribution in [1.29, 1.82) is 0 Å². The van der Waals surface area contributed by atoms with E-state index in [1.807, 2.05) is 18.2 Å². The van der Waals surface area contributed by atoms with Crippen molar-refractivity contribution in [3.8, 4) is 0 Å². The predicted molar refractivity (Wildman–Crippen MR) is 74.9 cm³/mol. The van der Waals surface area contributed by atoms with Crippen molar-refractivity contribution in [2.45, 2.75) is 25.3 Å². The predicted octanol–water partition coefficient (Wildman–Crippen LogP) is 0.973. The highest BCUT2D eigenvalue weighted by Crippen LogP contribution is 2.26. The summed E-state index contributed by atoms with van der Waals surface area (Å²) in [6, 6.07) is 10.6. The Balaban J connectivity index is 2.07. The molecule has 19 heavy (non-hydrogen) atoms. The molecule has 4 heteroatoms. The van der Waals surface area contributed by atoms with Gasteiger partial charge in [0.15, 0.2) is 0 Å². The molecule has 2 rings (SSSR count). The second kappa shape index (κ2) is 6.68. The maximum absolute atomic E-state index is 11.2. The number of carbonyl (C=O) groups excluding carboxylic acids is 1. The van der Waals surface area contributed by atoms with Crippen molar-refractivity contribution in [2.24, 2.45) is 0 Å². The van der Waals surface area contributed by atoms with Gasteiger partial charge in [-0.05, 0) is 17.9 Å². The minimum atomic E-state index is 0.0164. The fourth-order valence-corrected chi connectivity index (χ4v) is 2.87. The van der Waals surface area contributed by atoms with Gasteiger partial charge in [0.25, 0.3) is 0 Å². The summed E-state index contributed by atoms with van der Waals surface area (Å²) in [7, 11) is 0. The fraction of sp³-hybridized carbons (Fsp3) is 0.533. The van der Waals surface area contributed by atoms with E-state index in [1.54, 1.807) is 6.92 Å². The number of aliphatic hydroxyl groups is 1. The Bertz CT molecular complexity index is 408. The first kappa shape index (κ1) is 14.0. The lowest BCUT2D eigenvalue weighted by Gasteiger charge is -2.38. The molecule has 2 unspecified atom stereocenters. The van der Waals surface area contributed by atoms with Crippen molar-refractivity contribution >= 4 is 5.91 Å². The zero-order valence-corrected chi connectivity index (χ0v) is 11.4. The molecular formula is C15H22N2O2. The van der Waals surface area contributed by atoms with E-state index >= 15 is 0 Å². The van der Waals surface area contributed by atoms with Crippen molar-refractivity contribution in [3.63, 3.8) is 0 Å². The van der Waals surface area contributed by atoms with Crippen molar-refractivity contribution in [3.05, 3.63) is 35.9 Å². The lowest BCUT2D eigenvalue weighted by Crippen LogP contribution is -2.50. The number of amides is 1. The number of piperidine rings is 1. The van der Waals surface area contributed by atoms with Crippen LogP contribution in [0.3, 0.4) is 0 Å². The lowest BCUT2D eigenvalue weighted by molar-refractivity contribution is -0.120. The molecule has 1 saturated heterocycles. The molecule has 1 aromatic carbocycles. The average molecular weight is 262 g/mol. The van der Waals surface area contributed by atoms with Crippen molar-refractivity contribution in [2.75, 3.05) is 26.2 Å². The number of carbonyl (C=O) groups is 1. The van der Waals surface area contributed by atoms with Gasteiger partial charge in [0.2, 0.25) is 5.91 Å². The normalized spacial score (nSPS) is 24.1. The van der Waals surface area contributed by atoms with E-state index < -0.39 is 0 Å². The van der Waals surface area contributed by atoms with E-state index in [2.05, 4.69) is 22.3 Å². The summed E-state index contributed by atoms with van der Waals surface area (Å²) >= 11 is 0. The highest BCUT2D eigenvalue weighted by Gasteiger charge is 2.28. The number of nitrogens with zero attached hydrogens (tertiary/aromatic N) is 1. The summed E-state index contributed by atoms with van der Waals surface area (Å²) in [5.74, 6) is 0.431. The monoisotopic (exact) mass is 262 g/mol. The number of nitrogens with one attached hydrogen (secondary N) is 1. The van der Waals surface area contributed by atoms with Crippen LogP contribution in [0.25, 0.3) is 0 Å². The molecule has 104 valence electrons. The van der Waals surface area contributed by atoms with E-state index in [0.717, 1.165) is 19.5 Å². The Labute approximate surface area is 114 Å². The molecule has 1 aromatic rings. The Morgan fingerprint density at radius 3 is 2.74 bits per heavy atom. The van der Waals surface area contributed by atoms with E-state index in [-0.39, 0.29) is 18.6 Å². The first-order valence-corrected chi connectivity index (χ1v) is 6.84. The van der Waals surface area contributed by atoms with Gasteiger partial charge in [-0.15, -0.1) is 0 Å². The number of β-amino-alcohol motifs (C(OH)–C–C–N with tert-alkyl or cyclic N) is 1. The Morgan fingerprint density at radius 2 is 2.11 bits per heavy atom. The van der Waals surface area contributed by atoms with Gasteiger partial charge in [0.05, 0.1) is 6.61 Å². The van der Waals surface area contributed by atoms with Gasteiger partial charge >= 0.3 is 0 Å². The maximum atomic E-state index is 11.2. The summed E-state index contributed by atoms with van der Waals surface area (Å²) in [5.41, 5.74) is 1.31. The molecule has 0 aliphatic carbocycles. The molecule has 1 amide bonds. The second-order valence-corrected chi connectivity index (χ2v) is 5.22. The molecule has 2 N–H and O–H groups in total. The third kappa shape index (κ3) is 4.04. The van der Waals surface area contributed by atoms with E-state index in [0.29, 0.717) is 12.5 Å². The van der Waals surface area contributed by atoms with Gasteiger partial charge in [0.1, 0.15) is 0 Å². The van der Waals surface area contributed by atoms with Crippen LogP contribution in [-0.4, -0.2) is 48.2 Å². The van der Waals surface area contributed by atoms with Gasteiger partial charge in [0, 0.05) is 32.6 Å². The van der Waals surface area contributed by atoms with Crippen LogP contribution in [0.4, 0.5) is 0 Å². The minimum absolute atomic E-state index is 0.0164. The molecule has 1 aliphatic rings. The van der Waals surface area contributed by atoms with Crippen LogP contribution in [0.15, 0.2) is 30.3 Å². The Kier molecular flexibility index (Phi) is 4.93. The van der Waals surface area contributed by atoms with Crippen LogP contribution in [-0.2, 0) is 4.79 Å². The van der Waals surface area contributed by atoms with Crippen LogP contribution in [0, 0.1) is 0 Å². The Morgan fingerprint density at radius 1 is 1.37 bits per heavy atom. The highest BCUT2D eigenvalue weighted by atomic mass is 16.3. The molecule has 2 atom stereocenters. The molecular weight excluding hydrogens is 240 g/mol. The third-order valence-electron chi connectivity index (χ3n) is 3.62. The van der Waals surface area contributed by atoms with Crippen LogP contribution in [0.2, 0.25) is 0 Å². The number of likely N-dealkylation sites (tertiary alicyclic amines) is 1. The standard InChI is InChI=1S/C15H22N2O2/c1-12(19)16-15-9-14(10-17(11-15)7-8-18)13-5-3-2-4-6-13/h2-6,14-15,18H,7-11H2,1H3,(H,16,19). The molecule has 1 aliphatic heterocycles. The van der Waals surface area contributed by atoms with Crippen LogP contribution < -0.4 is 5.32 Å². The molecule has 4 nitrogen and oxygen atoms in total. The van der Waals surface area contributed by atoms with Gasteiger partial charge < -0.3 is 10.4 Å². The molecule has 0 spiro atoms. The van der Waals surface area contributed by atoms with Crippen LogP contribution >= 0.6 is 0 Å². The largest absolute Gasteiger partial charge is 0.395 e. The summed E-state index contributed by atoms with van der Waals surface area (Å²) in [5, 5.41) is 12.1. The third-order valence-corrected chi connectivity index (χ3v) is 3.62. The second-order valence-electron chi connectivity index (χ2n) is 5.22. The quantitative estimate of drug-likeness (QED) is 0.850. The summed E-state index contributed by atoms with van der Waals surface area (Å²) in [4.78, 5) is 13.5. The minimum Gasteiger partial charge on any atom is -0.395 e.